The lowest BCUT2D eigenvalue weighted by atomic mass is 9.96. The molecule has 0 unspecified atom stereocenters. The van der Waals surface area contributed by atoms with Gasteiger partial charge in [0.1, 0.15) is 11.5 Å². The Morgan fingerprint density at radius 3 is 2.19 bits per heavy atom. The van der Waals surface area contributed by atoms with E-state index in [9.17, 15) is 20.2 Å². The van der Waals surface area contributed by atoms with Crippen LogP contribution in [0.1, 0.15) is 62.0 Å². The zero-order valence-corrected chi connectivity index (χ0v) is 13.2. The molecule has 1 rings (SSSR count). The number of carbonyl (C=O) groups is 1. The van der Waals surface area contributed by atoms with Crippen LogP contribution in [0.5, 0.6) is 11.5 Å². The number of benzene rings is 1. The molecule has 1 aromatic rings. The van der Waals surface area contributed by atoms with Gasteiger partial charge in [-0.05, 0) is 38.3 Å². The summed E-state index contributed by atoms with van der Waals surface area (Å²) in [6, 6.07) is 1.08. The Morgan fingerprint density at radius 2 is 1.71 bits per heavy atom. The van der Waals surface area contributed by atoms with Crippen molar-refractivity contribution in [2.75, 3.05) is 0 Å². The number of hydrogen-bond donors (Lipinski definition) is 3. The highest BCUT2D eigenvalue weighted by Gasteiger charge is 2.25. The number of amides is 1. The first kappa shape index (κ1) is 17.3. The smallest absolute Gasteiger partial charge is 0.281 e. The Kier molecular flexibility index (Phi) is 6.03. The van der Waals surface area contributed by atoms with Crippen LogP contribution < -0.4 is 0 Å². The van der Waals surface area contributed by atoms with Crippen molar-refractivity contribution in [3.05, 3.63) is 22.8 Å². The van der Waals surface area contributed by atoms with Gasteiger partial charge < -0.3 is 10.2 Å². The number of hydrogen-bond acceptors (Lipinski definition) is 4. The molecule has 1 aromatic carbocycles. The van der Waals surface area contributed by atoms with E-state index in [1.54, 1.807) is 13.8 Å². The molecule has 3 N–H and O–H groups in total. The predicted molar refractivity (Wildman–Crippen MR) is 80.9 cm³/mol. The van der Waals surface area contributed by atoms with Gasteiger partial charge in [0, 0.05) is 5.56 Å². The molecule has 0 heterocycles. The predicted octanol–water partition coefficient (Wildman–Crippen LogP) is 3.24. The van der Waals surface area contributed by atoms with Gasteiger partial charge in [-0.15, -0.1) is 0 Å². The van der Waals surface area contributed by atoms with Crippen LogP contribution in [-0.2, 0) is 12.8 Å². The molecule has 21 heavy (non-hydrogen) atoms. The molecule has 0 atom stereocenters. The van der Waals surface area contributed by atoms with Crippen LogP contribution in [0.15, 0.2) is 6.07 Å². The Labute approximate surface area is 125 Å². The van der Waals surface area contributed by atoms with E-state index in [1.807, 2.05) is 13.8 Å². The third-order valence-corrected chi connectivity index (χ3v) is 3.40. The van der Waals surface area contributed by atoms with Gasteiger partial charge in [0.2, 0.25) is 0 Å². The summed E-state index contributed by atoms with van der Waals surface area (Å²) in [7, 11) is 0. The van der Waals surface area contributed by atoms with Crippen molar-refractivity contribution in [2.45, 2.75) is 59.4 Å². The first-order valence-electron chi connectivity index (χ1n) is 7.44. The molecule has 0 bridgehead atoms. The molecule has 0 aliphatic carbocycles. The molecular formula is C16H25NO4. The number of phenols is 2. The van der Waals surface area contributed by atoms with Gasteiger partial charge in [0.15, 0.2) is 0 Å². The van der Waals surface area contributed by atoms with Crippen LogP contribution in [0, 0.1) is 0 Å². The second kappa shape index (κ2) is 7.31. The second-order valence-electron chi connectivity index (χ2n) is 5.50. The molecule has 0 aliphatic rings. The Hall–Kier alpha value is -1.75. The zero-order valence-electron chi connectivity index (χ0n) is 13.2. The maximum Gasteiger partial charge on any atom is 0.281 e. The van der Waals surface area contributed by atoms with Crippen LogP contribution in [0.25, 0.3) is 0 Å². The van der Waals surface area contributed by atoms with E-state index in [-0.39, 0.29) is 17.1 Å². The third kappa shape index (κ3) is 3.67. The first-order valence-corrected chi connectivity index (χ1v) is 7.44. The lowest BCUT2D eigenvalue weighted by molar-refractivity contribution is -0.0795. The number of hydroxylamine groups is 2. The number of nitrogens with zero attached hydrogens (tertiary/aromatic N) is 1. The molecule has 0 aliphatic heterocycles. The third-order valence-electron chi connectivity index (χ3n) is 3.40. The zero-order chi connectivity index (χ0) is 16.2. The SMILES string of the molecule is CCCc1cc(C(=O)N(O)C(C)C)c(O)c(CCC)c1O. The lowest BCUT2D eigenvalue weighted by Gasteiger charge is -2.21. The van der Waals surface area contributed by atoms with E-state index < -0.39 is 11.9 Å². The summed E-state index contributed by atoms with van der Waals surface area (Å²) >= 11 is 0. The van der Waals surface area contributed by atoms with Crippen molar-refractivity contribution in [3.8, 4) is 11.5 Å². The van der Waals surface area contributed by atoms with E-state index in [2.05, 4.69) is 0 Å². The van der Waals surface area contributed by atoms with Crippen LogP contribution >= 0.6 is 0 Å². The maximum absolute atomic E-state index is 12.3. The van der Waals surface area contributed by atoms with Gasteiger partial charge in [-0.2, -0.15) is 0 Å². The minimum absolute atomic E-state index is 0.0379. The molecule has 1 amide bonds. The average molecular weight is 295 g/mol. The molecule has 5 nitrogen and oxygen atoms in total. The van der Waals surface area contributed by atoms with E-state index in [4.69, 9.17) is 0 Å². The van der Waals surface area contributed by atoms with Crippen molar-refractivity contribution in [1.29, 1.82) is 0 Å². The first-order chi connectivity index (χ1) is 9.84. The fourth-order valence-electron chi connectivity index (χ4n) is 2.25. The number of aryl methyl sites for hydroxylation is 1. The molecule has 0 saturated heterocycles. The van der Waals surface area contributed by atoms with Crippen molar-refractivity contribution in [1.82, 2.24) is 5.06 Å². The van der Waals surface area contributed by atoms with Crippen LogP contribution in [0.2, 0.25) is 0 Å². The lowest BCUT2D eigenvalue weighted by Crippen LogP contribution is -2.33. The molecule has 0 saturated carbocycles. The summed E-state index contributed by atoms with van der Waals surface area (Å²) in [6.07, 6.45) is 2.63. The van der Waals surface area contributed by atoms with E-state index in [0.29, 0.717) is 29.0 Å². The Bertz CT molecular complexity index is 511. The number of aromatic hydroxyl groups is 2. The standard InChI is InChI=1S/C16H25NO4/c1-5-7-11-9-13(16(20)17(21)10(3)4)15(19)12(8-6-2)14(11)18/h9-10,18-19,21H,5-8H2,1-4H3. The number of carbonyl (C=O) groups excluding carboxylic acids is 1. The van der Waals surface area contributed by atoms with Gasteiger partial charge >= 0.3 is 0 Å². The summed E-state index contributed by atoms with van der Waals surface area (Å²) in [6.45, 7) is 7.25. The molecule has 0 fully saturated rings. The molecule has 0 spiro atoms. The average Bonchev–Trinajstić information content (AvgIpc) is 2.44. The minimum Gasteiger partial charge on any atom is -0.507 e. The summed E-state index contributed by atoms with van der Waals surface area (Å²) < 4.78 is 0. The van der Waals surface area contributed by atoms with Crippen molar-refractivity contribution in [2.24, 2.45) is 0 Å². The monoisotopic (exact) mass is 295 g/mol. The number of phenolic OH excluding ortho intramolecular Hbond substituents is 2. The highest BCUT2D eigenvalue weighted by molar-refractivity contribution is 5.97. The molecular weight excluding hydrogens is 270 g/mol. The maximum atomic E-state index is 12.3. The quantitative estimate of drug-likeness (QED) is 0.556. The summed E-state index contributed by atoms with van der Waals surface area (Å²) in [5, 5.41) is 30.9. The molecule has 5 heteroatoms. The normalized spacial score (nSPS) is 11.0. The van der Waals surface area contributed by atoms with Crippen molar-refractivity contribution in [3.63, 3.8) is 0 Å². The largest absolute Gasteiger partial charge is 0.507 e. The van der Waals surface area contributed by atoms with Gasteiger partial charge in [-0.1, -0.05) is 26.7 Å². The fourth-order valence-corrected chi connectivity index (χ4v) is 2.25. The highest BCUT2D eigenvalue weighted by atomic mass is 16.5. The highest BCUT2D eigenvalue weighted by Crippen LogP contribution is 2.36. The fraction of sp³-hybridized carbons (Fsp3) is 0.562. The summed E-state index contributed by atoms with van der Waals surface area (Å²) in [5.74, 6) is -0.835. The van der Waals surface area contributed by atoms with Gasteiger partial charge in [0.25, 0.3) is 5.91 Å². The van der Waals surface area contributed by atoms with Crippen molar-refractivity contribution < 1.29 is 20.2 Å². The topological polar surface area (TPSA) is 81.0 Å². The minimum atomic E-state index is -0.655. The van der Waals surface area contributed by atoms with E-state index >= 15 is 0 Å². The molecule has 118 valence electrons. The number of rotatable bonds is 6. The van der Waals surface area contributed by atoms with E-state index in [1.165, 1.54) is 6.07 Å². The van der Waals surface area contributed by atoms with Gasteiger partial charge in [-0.25, -0.2) is 5.06 Å². The van der Waals surface area contributed by atoms with Gasteiger partial charge in [0.05, 0.1) is 11.6 Å². The second-order valence-corrected chi connectivity index (χ2v) is 5.50. The Morgan fingerprint density at radius 1 is 1.14 bits per heavy atom. The van der Waals surface area contributed by atoms with E-state index in [0.717, 1.165) is 12.8 Å². The summed E-state index contributed by atoms with van der Waals surface area (Å²) in [4.78, 5) is 12.3. The molecule has 0 radical (unpaired) electrons. The van der Waals surface area contributed by atoms with Crippen LogP contribution in [-0.4, -0.2) is 32.4 Å². The van der Waals surface area contributed by atoms with Crippen molar-refractivity contribution >= 4 is 5.91 Å². The summed E-state index contributed by atoms with van der Waals surface area (Å²) in [5.41, 5.74) is 1.04. The van der Waals surface area contributed by atoms with Crippen LogP contribution in [0.3, 0.4) is 0 Å². The molecule has 0 aromatic heterocycles. The van der Waals surface area contributed by atoms with Crippen LogP contribution in [0.4, 0.5) is 0 Å². The Balaban J connectivity index is 3.40. The van der Waals surface area contributed by atoms with Gasteiger partial charge in [-0.3, -0.25) is 10.0 Å².